The monoisotopic (exact) mass is 250 g/mol. The van der Waals surface area contributed by atoms with Crippen molar-refractivity contribution in [2.75, 3.05) is 20.1 Å². The van der Waals surface area contributed by atoms with Gasteiger partial charge in [-0.05, 0) is 57.1 Å². The third-order valence-corrected chi connectivity index (χ3v) is 3.64. The molecular weight excluding hydrogens is 227 g/mol. The van der Waals surface area contributed by atoms with Crippen molar-refractivity contribution in [2.45, 2.75) is 38.3 Å². The Morgan fingerprint density at radius 2 is 2.06 bits per heavy atom. The minimum absolute atomic E-state index is 0.159. The Morgan fingerprint density at radius 1 is 1.28 bits per heavy atom. The van der Waals surface area contributed by atoms with Crippen LogP contribution in [-0.2, 0) is 6.54 Å². The van der Waals surface area contributed by atoms with Crippen LogP contribution in [0.25, 0.3) is 0 Å². The van der Waals surface area contributed by atoms with Gasteiger partial charge in [-0.1, -0.05) is 18.6 Å². The van der Waals surface area contributed by atoms with Gasteiger partial charge >= 0.3 is 0 Å². The Kier molecular flexibility index (Phi) is 5.14. The van der Waals surface area contributed by atoms with Gasteiger partial charge in [0.2, 0.25) is 0 Å². The van der Waals surface area contributed by atoms with Crippen molar-refractivity contribution in [3.05, 3.63) is 35.6 Å². The number of piperidine rings is 1. The van der Waals surface area contributed by atoms with Crippen LogP contribution in [0.5, 0.6) is 0 Å². The van der Waals surface area contributed by atoms with Gasteiger partial charge < -0.3 is 10.2 Å². The van der Waals surface area contributed by atoms with Crippen molar-refractivity contribution < 1.29 is 4.39 Å². The minimum atomic E-state index is -0.159. The first-order valence-corrected chi connectivity index (χ1v) is 6.90. The average molecular weight is 250 g/mol. The summed E-state index contributed by atoms with van der Waals surface area (Å²) >= 11 is 0. The Balaban J connectivity index is 1.71. The van der Waals surface area contributed by atoms with Crippen LogP contribution < -0.4 is 5.32 Å². The molecule has 1 saturated heterocycles. The second kappa shape index (κ2) is 6.86. The van der Waals surface area contributed by atoms with Gasteiger partial charge in [0.15, 0.2) is 0 Å². The highest BCUT2D eigenvalue weighted by molar-refractivity contribution is 5.15. The van der Waals surface area contributed by atoms with Gasteiger partial charge in [0, 0.05) is 12.6 Å². The highest BCUT2D eigenvalue weighted by Crippen LogP contribution is 2.11. The third kappa shape index (κ3) is 4.39. The van der Waals surface area contributed by atoms with E-state index in [0.717, 1.165) is 13.1 Å². The number of rotatable bonds is 5. The molecule has 0 radical (unpaired) electrons. The maximum absolute atomic E-state index is 12.8. The van der Waals surface area contributed by atoms with Gasteiger partial charge in [0.25, 0.3) is 0 Å². The zero-order valence-corrected chi connectivity index (χ0v) is 11.2. The van der Waals surface area contributed by atoms with Crippen molar-refractivity contribution >= 4 is 0 Å². The van der Waals surface area contributed by atoms with E-state index in [1.165, 1.54) is 49.9 Å². The summed E-state index contributed by atoms with van der Waals surface area (Å²) in [4.78, 5) is 2.31. The molecule has 0 spiro atoms. The molecule has 100 valence electrons. The molecule has 0 aliphatic carbocycles. The van der Waals surface area contributed by atoms with Gasteiger partial charge in [-0.3, -0.25) is 0 Å². The minimum Gasteiger partial charge on any atom is -0.314 e. The fourth-order valence-electron chi connectivity index (χ4n) is 2.53. The van der Waals surface area contributed by atoms with Crippen LogP contribution in [0.15, 0.2) is 24.3 Å². The van der Waals surface area contributed by atoms with Crippen LogP contribution >= 0.6 is 0 Å². The lowest BCUT2D eigenvalue weighted by Gasteiger charge is -2.26. The SMILES string of the molecule is CN(CCC1CCCCN1)Cc1ccc(F)cc1. The number of nitrogens with zero attached hydrogens (tertiary/aromatic N) is 1. The van der Waals surface area contributed by atoms with Crippen molar-refractivity contribution in [3.8, 4) is 0 Å². The van der Waals surface area contributed by atoms with E-state index < -0.39 is 0 Å². The van der Waals surface area contributed by atoms with E-state index in [4.69, 9.17) is 0 Å². The fraction of sp³-hybridized carbons (Fsp3) is 0.600. The van der Waals surface area contributed by atoms with Gasteiger partial charge in [0.1, 0.15) is 5.82 Å². The number of benzene rings is 1. The van der Waals surface area contributed by atoms with E-state index in [9.17, 15) is 4.39 Å². The lowest BCUT2D eigenvalue weighted by Crippen LogP contribution is -2.36. The average Bonchev–Trinajstić information content (AvgIpc) is 2.40. The normalized spacial score (nSPS) is 20.3. The third-order valence-electron chi connectivity index (χ3n) is 3.64. The lowest BCUT2D eigenvalue weighted by atomic mass is 10.0. The van der Waals surface area contributed by atoms with Crippen LogP contribution in [0.1, 0.15) is 31.2 Å². The van der Waals surface area contributed by atoms with Crippen molar-refractivity contribution in [3.63, 3.8) is 0 Å². The number of nitrogens with one attached hydrogen (secondary N) is 1. The highest BCUT2D eigenvalue weighted by Gasteiger charge is 2.12. The zero-order valence-electron chi connectivity index (χ0n) is 11.2. The standard InChI is InChI=1S/C15H23FN2/c1-18(11-9-15-4-2-3-10-17-15)12-13-5-7-14(16)8-6-13/h5-8,15,17H,2-4,9-12H2,1H3. The number of halogens is 1. The largest absolute Gasteiger partial charge is 0.314 e. The Hall–Kier alpha value is -0.930. The predicted molar refractivity (Wildman–Crippen MR) is 73.0 cm³/mol. The van der Waals surface area contributed by atoms with E-state index in [1.54, 1.807) is 0 Å². The summed E-state index contributed by atoms with van der Waals surface area (Å²) in [5.41, 5.74) is 1.18. The summed E-state index contributed by atoms with van der Waals surface area (Å²) < 4.78 is 12.8. The molecule has 0 amide bonds. The number of hydrogen-bond donors (Lipinski definition) is 1. The summed E-state index contributed by atoms with van der Waals surface area (Å²) in [7, 11) is 2.13. The molecule has 1 aliphatic heterocycles. The predicted octanol–water partition coefficient (Wildman–Crippen LogP) is 2.79. The smallest absolute Gasteiger partial charge is 0.123 e. The van der Waals surface area contributed by atoms with Crippen LogP contribution in [0, 0.1) is 5.82 Å². The molecule has 1 aliphatic rings. The van der Waals surface area contributed by atoms with Crippen molar-refractivity contribution in [2.24, 2.45) is 0 Å². The van der Waals surface area contributed by atoms with Gasteiger partial charge in [-0.25, -0.2) is 4.39 Å². The van der Waals surface area contributed by atoms with Crippen LogP contribution in [0.4, 0.5) is 4.39 Å². The summed E-state index contributed by atoms with van der Waals surface area (Å²) in [5.74, 6) is -0.159. The molecule has 0 bridgehead atoms. The molecule has 1 aromatic rings. The van der Waals surface area contributed by atoms with E-state index >= 15 is 0 Å². The van der Waals surface area contributed by atoms with Crippen LogP contribution in [0.3, 0.4) is 0 Å². The number of hydrogen-bond acceptors (Lipinski definition) is 2. The maximum atomic E-state index is 12.8. The van der Waals surface area contributed by atoms with E-state index in [1.807, 2.05) is 12.1 Å². The molecule has 18 heavy (non-hydrogen) atoms. The molecule has 2 nitrogen and oxygen atoms in total. The quantitative estimate of drug-likeness (QED) is 0.864. The van der Waals surface area contributed by atoms with E-state index in [2.05, 4.69) is 17.3 Å². The topological polar surface area (TPSA) is 15.3 Å². The molecular formula is C15H23FN2. The fourth-order valence-corrected chi connectivity index (χ4v) is 2.53. The Labute approximate surface area is 109 Å². The van der Waals surface area contributed by atoms with Crippen molar-refractivity contribution in [1.82, 2.24) is 10.2 Å². The molecule has 1 unspecified atom stereocenters. The second-order valence-electron chi connectivity index (χ2n) is 5.30. The first-order chi connectivity index (χ1) is 8.74. The van der Waals surface area contributed by atoms with E-state index in [0.29, 0.717) is 6.04 Å². The first kappa shape index (κ1) is 13.5. The maximum Gasteiger partial charge on any atom is 0.123 e. The second-order valence-corrected chi connectivity index (χ2v) is 5.30. The summed E-state index contributed by atoms with van der Waals surface area (Å²) in [6, 6.07) is 7.49. The molecule has 0 saturated carbocycles. The Bertz CT molecular complexity index is 344. The highest BCUT2D eigenvalue weighted by atomic mass is 19.1. The van der Waals surface area contributed by atoms with Gasteiger partial charge in [0.05, 0.1) is 0 Å². The van der Waals surface area contributed by atoms with E-state index in [-0.39, 0.29) is 5.82 Å². The summed E-state index contributed by atoms with van der Waals surface area (Å²) in [6.07, 6.45) is 5.20. The first-order valence-electron chi connectivity index (χ1n) is 6.90. The lowest BCUT2D eigenvalue weighted by molar-refractivity contribution is 0.282. The van der Waals surface area contributed by atoms with Crippen LogP contribution in [0.2, 0.25) is 0 Å². The van der Waals surface area contributed by atoms with Crippen LogP contribution in [-0.4, -0.2) is 31.1 Å². The molecule has 1 heterocycles. The summed E-state index contributed by atoms with van der Waals surface area (Å²) in [6.45, 7) is 3.16. The van der Waals surface area contributed by atoms with Gasteiger partial charge in [-0.2, -0.15) is 0 Å². The molecule has 1 fully saturated rings. The molecule has 2 rings (SSSR count). The molecule has 1 N–H and O–H groups in total. The van der Waals surface area contributed by atoms with Gasteiger partial charge in [-0.15, -0.1) is 0 Å². The molecule has 0 aromatic heterocycles. The Morgan fingerprint density at radius 3 is 2.72 bits per heavy atom. The molecule has 1 aromatic carbocycles. The van der Waals surface area contributed by atoms with Crippen molar-refractivity contribution in [1.29, 1.82) is 0 Å². The molecule has 1 atom stereocenters. The summed E-state index contributed by atoms with van der Waals surface area (Å²) in [5, 5.41) is 3.57. The molecule has 3 heteroatoms. The zero-order chi connectivity index (χ0) is 12.8.